The van der Waals surface area contributed by atoms with Gasteiger partial charge in [0.15, 0.2) is 12.1 Å². The fourth-order valence-corrected chi connectivity index (χ4v) is 1.97. The van der Waals surface area contributed by atoms with Crippen molar-refractivity contribution in [2.75, 3.05) is 26.4 Å². The van der Waals surface area contributed by atoms with E-state index in [1.54, 1.807) is 6.92 Å². The molecule has 30 heavy (non-hydrogen) atoms. The Hall–Kier alpha value is -3.46. The van der Waals surface area contributed by atoms with Crippen molar-refractivity contribution in [1.82, 2.24) is 5.32 Å². The molecule has 0 aliphatic rings. The molecule has 0 aromatic heterocycles. The molecule has 166 valence electrons. The van der Waals surface area contributed by atoms with Crippen LogP contribution in [0.5, 0.6) is 0 Å². The summed E-state index contributed by atoms with van der Waals surface area (Å²) in [6.45, 7) is 7.81. The van der Waals surface area contributed by atoms with Crippen LogP contribution in [0.4, 0.5) is 4.79 Å². The van der Waals surface area contributed by atoms with Gasteiger partial charge < -0.3 is 24.3 Å². The molecular formula is C19H26N2O9. The van der Waals surface area contributed by atoms with E-state index in [9.17, 15) is 24.0 Å². The second-order valence-electron chi connectivity index (χ2n) is 5.61. The van der Waals surface area contributed by atoms with Crippen molar-refractivity contribution < 1.29 is 42.9 Å². The van der Waals surface area contributed by atoms with Crippen LogP contribution in [0.3, 0.4) is 0 Å². The van der Waals surface area contributed by atoms with E-state index in [0.29, 0.717) is 12.8 Å². The third-order valence-electron chi connectivity index (χ3n) is 3.37. The molecule has 1 N–H and O–H groups in total. The standard InChI is InChI=1S/C19H26N2O9/c1-4-16(23)28-11-14(12-29-17(24)5-2)30-19(26)20-10-8-7-9-15(21-13-22)18(25)27-6-3/h4-5,14-15H,1-2,6-12H2,3H3,(H,20,26). The number of isocyanates is 1. The number of nitrogens with one attached hydrogen (secondary N) is 1. The molecule has 1 atom stereocenters. The van der Waals surface area contributed by atoms with Crippen molar-refractivity contribution in [3.8, 4) is 0 Å². The average molecular weight is 426 g/mol. The van der Waals surface area contributed by atoms with Gasteiger partial charge in [0.25, 0.3) is 0 Å². The first kappa shape index (κ1) is 26.5. The Morgan fingerprint density at radius 1 is 1.03 bits per heavy atom. The smallest absolute Gasteiger partial charge is 0.407 e. The van der Waals surface area contributed by atoms with Crippen molar-refractivity contribution in [3.05, 3.63) is 25.3 Å². The Kier molecular flexibility index (Phi) is 14.6. The van der Waals surface area contributed by atoms with E-state index in [0.717, 1.165) is 12.2 Å². The van der Waals surface area contributed by atoms with Gasteiger partial charge in [-0.15, -0.1) is 0 Å². The van der Waals surface area contributed by atoms with Crippen molar-refractivity contribution in [3.63, 3.8) is 0 Å². The summed E-state index contributed by atoms with van der Waals surface area (Å²) in [6.07, 6.45) is 2.53. The van der Waals surface area contributed by atoms with Crippen LogP contribution in [0, 0.1) is 0 Å². The van der Waals surface area contributed by atoms with Gasteiger partial charge in [-0.3, -0.25) is 0 Å². The largest absolute Gasteiger partial charge is 0.464 e. The van der Waals surface area contributed by atoms with Gasteiger partial charge in [0.2, 0.25) is 6.08 Å². The number of esters is 3. The highest BCUT2D eigenvalue weighted by atomic mass is 16.6. The minimum absolute atomic E-state index is 0.169. The number of alkyl carbamates (subject to hydrolysis) is 1. The molecule has 0 aromatic rings. The maximum absolute atomic E-state index is 11.9. The molecule has 0 heterocycles. The minimum atomic E-state index is -1.03. The van der Waals surface area contributed by atoms with Crippen molar-refractivity contribution >= 4 is 30.1 Å². The van der Waals surface area contributed by atoms with Crippen LogP contribution < -0.4 is 5.32 Å². The van der Waals surface area contributed by atoms with Crippen LogP contribution in [-0.4, -0.2) is 68.6 Å². The summed E-state index contributed by atoms with van der Waals surface area (Å²) in [7, 11) is 0. The number of nitrogens with zero attached hydrogens (tertiary/aromatic N) is 1. The summed E-state index contributed by atoms with van der Waals surface area (Å²) in [5.74, 6) is -2.07. The maximum atomic E-state index is 11.9. The molecule has 0 saturated heterocycles. The lowest BCUT2D eigenvalue weighted by Gasteiger charge is -2.17. The van der Waals surface area contributed by atoms with Crippen molar-refractivity contribution in [1.29, 1.82) is 0 Å². The Morgan fingerprint density at radius 3 is 2.13 bits per heavy atom. The molecule has 1 amide bonds. The molecule has 0 saturated carbocycles. The molecule has 0 aliphatic carbocycles. The number of hydrogen-bond acceptors (Lipinski definition) is 10. The second kappa shape index (κ2) is 16.5. The predicted octanol–water partition coefficient (Wildman–Crippen LogP) is 0.977. The molecule has 11 heteroatoms. The fourth-order valence-electron chi connectivity index (χ4n) is 1.97. The summed E-state index contributed by atoms with van der Waals surface area (Å²) in [6, 6.07) is -0.933. The summed E-state index contributed by atoms with van der Waals surface area (Å²) < 4.78 is 19.4. The second-order valence-corrected chi connectivity index (χ2v) is 5.61. The van der Waals surface area contributed by atoms with Gasteiger partial charge in [-0.1, -0.05) is 13.2 Å². The van der Waals surface area contributed by atoms with E-state index in [1.807, 2.05) is 0 Å². The summed E-state index contributed by atoms with van der Waals surface area (Å²) >= 11 is 0. The molecule has 0 bridgehead atoms. The van der Waals surface area contributed by atoms with E-state index in [-0.39, 0.29) is 32.8 Å². The Labute approximate surface area is 174 Å². The number of amides is 1. The van der Waals surface area contributed by atoms with Gasteiger partial charge in [-0.2, -0.15) is 4.99 Å². The predicted molar refractivity (Wildman–Crippen MR) is 103 cm³/mol. The van der Waals surface area contributed by atoms with Crippen molar-refractivity contribution in [2.45, 2.75) is 38.3 Å². The van der Waals surface area contributed by atoms with E-state index in [1.165, 1.54) is 6.08 Å². The maximum Gasteiger partial charge on any atom is 0.407 e. The van der Waals surface area contributed by atoms with Crippen LogP contribution in [0.25, 0.3) is 0 Å². The first-order valence-electron chi connectivity index (χ1n) is 9.14. The summed E-state index contributed by atoms with van der Waals surface area (Å²) in [4.78, 5) is 59.6. The molecule has 1 unspecified atom stereocenters. The molecule has 0 rings (SSSR count). The first-order valence-corrected chi connectivity index (χ1v) is 9.14. The van der Waals surface area contributed by atoms with Gasteiger partial charge in [-0.25, -0.2) is 24.0 Å². The monoisotopic (exact) mass is 426 g/mol. The number of rotatable bonds is 15. The first-order chi connectivity index (χ1) is 14.4. The van der Waals surface area contributed by atoms with Gasteiger partial charge in [0.05, 0.1) is 6.61 Å². The lowest BCUT2D eigenvalue weighted by atomic mass is 10.1. The lowest BCUT2D eigenvalue weighted by molar-refractivity contribution is -0.146. The minimum Gasteiger partial charge on any atom is -0.464 e. The van der Waals surface area contributed by atoms with E-state index < -0.39 is 36.1 Å². The van der Waals surface area contributed by atoms with Crippen molar-refractivity contribution in [2.24, 2.45) is 4.99 Å². The zero-order chi connectivity index (χ0) is 22.8. The van der Waals surface area contributed by atoms with Crippen LogP contribution >= 0.6 is 0 Å². The van der Waals surface area contributed by atoms with Gasteiger partial charge in [-0.05, 0) is 26.2 Å². The fraction of sp³-hybridized carbons (Fsp3) is 0.526. The SMILES string of the molecule is C=CC(=O)OCC(COC(=O)C=C)OC(=O)NCCCCC(N=C=O)C(=O)OCC. The zero-order valence-corrected chi connectivity index (χ0v) is 16.8. The highest BCUT2D eigenvalue weighted by Gasteiger charge is 2.20. The number of hydrogen-bond donors (Lipinski definition) is 1. The summed E-state index contributed by atoms with van der Waals surface area (Å²) in [5, 5.41) is 2.47. The molecule has 0 aromatic carbocycles. The van der Waals surface area contributed by atoms with Crippen LogP contribution in [0.15, 0.2) is 30.3 Å². The van der Waals surface area contributed by atoms with Gasteiger partial charge in [0, 0.05) is 18.7 Å². The topological polar surface area (TPSA) is 147 Å². The Bertz CT molecular complexity index is 632. The van der Waals surface area contributed by atoms with Crippen LogP contribution in [-0.2, 0) is 38.1 Å². The molecule has 0 aliphatic heterocycles. The normalized spacial score (nSPS) is 10.7. The zero-order valence-electron chi connectivity index (χ0n) is 16.8. The van der Waals surface area contributed by atoms with Crippen LogP contribution in [0.1, 0.15) is 26.2 Å². The Balaban J connectivity index is 4.38. The molecule has 0 fully saturated rings. The number of aliphatic imine (C=N–C) groups is 1. The van der Waals surface area contributed by atoms with Gasteiger partial charge in [0.1, 0.15) is 13.2 Å². The number of carbonyl (C=O) groups excluding carboxylic acids is 5. The number of ether oxygens (including phenoxy) is 4. The molecular weight excluding hydrogens is 400 g/mol. The third kappa shape index (κ3) is 12.8. The van der Waals surface area contributed by atoms with E-state index in [4.69, 9.17) is 18.9 Å². The number of unbranched alkanes of at least 4 members (excludes halogenated alkanes) is 1. The number of carbonyl (C=O) groups is 4. The summed E-state index contributed by atoms with van der Waals surface area (Å²) in [5.41, 5.74) is 0. The third-order valence-corrected chi connectivity index (χ3v) is 3.37. The highest BCUT2D eigenvalue weighted by molar-refractivity contribution is 5.81. The molecule has 0 spiro atoms. The van der Waals surface area contributed by atoms with E-state index >= 15 is 0 Å². The van der Waals surface area contributed by atoms with E-state index in [2.05, 4.69) is 23.5 Å². The van der Waals surface area contributed by atoms with Crippen LogP contribution in [0.2, 0.25) is 0 Å². The lowest BCUT2D eigenvalue weighted by Crippen LogP contribution is -2.35. The van der Waals surface area contributed by atoms with Gasteiger partial charge >= 0.3 is 24.0 Å². The highest BCUT2D eigenvalue weighted by Crippen LogP contribution is 2.06. The Morgan fingerprint density at radius 2 is 1.63 bits per heavy atom. The molecule has 0 radical (unpaired) electrons. The molecule has 11 nitrogen and oxygen atoms in total. The quantitative estimate of drug-likeness (QED) is 0.101. The average Bonchev–Trinajstić information content (AvgIpc) is 2.73.